The van der Waals surface area contributed by atoms with Crippen molar-refractivity contribution in [1.29, 1.82) is 0 Å². The summed E-state index contributed by atoms with van der Waals surface area (Å²) in [5.41, 5.74) is 11.2. The van der Waals surface area contributed by atoms with Gasteiger partial charge in [-0.15, -0.1) is 0 Å². The van der Waals surface area contributed by atoms with Gasteiger partial charge in [0, 0.05) is 22.8 Å². The van der Waals surface area contributed by atoms with Crippen LogP contribution in [0.4, 0.5) is 5.69 Å². The topological polar surface area (TPSA) is 29.7 Å². The third kappa shape index (κ3) is 3.22. The van der Waals surface area contributed by atoms with E-state index in [0.717, 1.165) is 51.0 Å². The van der Waals surface area contributed by atoms with Crippen LogP contribution >= 0.6 is 0 Å². The molecule has 0 saturated heterocycles. The third-order valence-electron chi connectivity index (χ3n) is 7.62. The Kier molecular flexibility index (Phi) is 4.58. The van der Waals surface area contributed by atoms with Gasteiger partial charge in [0.2, 0.25) is 0 Å². The Hall–Kier alpha value is -5.02. The standard InChI is InChI=1S/C35H23N3/c1-2-10-23(11-3-1)26-20-24-12-4-6-14-30(24)36-32(22-26)25-18-19-28-29(21-25)27-13-5-8-16-33(27)38-34-17-9-7-15-31(34)37-35(28)38/h1-19,21-22H,20H2. The highest BCUT2D eigenvalue weighted by Crippen LogP contribution is 2.35. The lowest BCUT2D eigenvalue weighted by Crippen LogP contribution is -1.99. The van der Waals surface area contributed by atoms with Crippen LogP contribution in [-0.4, -0.2) is 15.1 Å². The first-order chi connectivity index (χ1) is 18.8. The minimum Gasteiger partial charge on any atom is -0.292 e. The Labute approximate surface area is 220 Å². The number of hydrogen-bond acceptors (Lipinski definition) is 2. The van der Waals surface area contributed by atoms with Crippen molar-refractivity contribution in [2.75, 3.05) is 0 Å². The summed E-state index contributed by atoms with van der Waals surface area (Å²) in [5, 5.41) is 3.54. The van der Waals surface area contributed by atoms with E-state index >= 15 is 0 Å². The molecular formula is C35H23N3. The Morgan fingerprint density at radius 2 is 1.34 bits per heavy atom. The van der Waals surface area contributed by atoms with Crippen LogP contribution in [0.2, 0.25) is 0 Å². The van der Waals surface area contributed by atoms with E-state index in [-0.39, 0.29) is 0 Å². The molecule has 0 atom stereocenters. The predicted octanol–water partition coefficient (Wildman–Crippen LogP) is 8.55. The molecule has 0 unspecified atom stereocenters. The van der Waals surface area contributed by atoms with E-state index in [1.807, 2.05) is 0 Å². The van der Waals surface area contributed by atoms with Gasteiger partial charge in [0.25, 0.3) is 0 Å². The molecule has 0 saturated carbocycles. The minimum absolute atomic E-state index is 0.852. The Bertz CT molecular complexity index is 2100. The molecule has 0 spiro atoms. The molecule has 0 fully saturated rings. The summed E-state index contributed by atoms with van der Waals surface area (Å²) in [6.07, 6.45) is 3.12. The Morgan fingerprint density at radius 1 is 0.579 bits per heavy atom. The van der Waals surface area contributed by atoms with Gasteiger partial charge in [-0.05, 0) is 64.6 Å². The summed E-state index contributed by atoms with van der Waals surface area (Å²) in [7, 11) is 0. The number of pyridine rings is 1. The van der Waals surface area contributed by atoms with Crippen molar-refractivity contribution in [1.82, 2.24) is 9.38 Å². The maximum atomic E-state index is 5.19. The number of aliphatic imine (C=N–C) groups is 1. The first-order valence-corrected chi connectivity index (χ1v) is 13.0. The Balaban J connectivity index is 1.42. The van der Waals surface area contributed by atoms with Crippen LogP contribution in [0.15, 0.2) is 132 Å². The van der Waals surface area contributed by atoms with Gasteiger partial charge in [0.15, 0.2) is 0 Å². The monoisotopic (exact) mass is 485 g/mol. The zero-order valence-electron chi connectivity index (χ0n) is 20.7. The van der Waals surface area contributed by atoms with Gasteiger partial charge in [0.1, 0.15) is 5.65 Å². The largest absolute Gasteiger partial charge is 0.292 e. The van der Waals surface area contributed by atoms with Gasteiger partial charge >= 0.3 is 0 Å². The molecule has 7 aromatic rings. The van der Waals surface area contributed by atoms with Crippen molar-refractivity contribution in [3.8, 4) is 0 Å². The van der Waals surface area contributed by atoms with Crippen molar-refractivity contribution in [2.24, 2.45) is 4.99 Å². The Morgan fingerprint density at radius 3 is 2.26 bits per heavy atom. The highest BCUT2D eigenvalue weighted by molar-refractivity contribution is 6.19. The number of benzene rings is 5. The molecule has 2 aromatic heterocycles. The van der Waals surface area contributed by atoms with Gasteiger partial charge in [0.05, 0.1) is 27.9 Å². The second kappa shape index (κ2) is 8.25. The van der Waals surface area contributed by atoms with Gasteiger partial charge in [-0.1, -0.05) is 84.9 Å². The van der Waals surface area contributed by atoms with E-state index in [4.69, 9.17) is 9.98 Å². The highest BCUT2D eigenvalue weighted by Gasteiger charge is 2.17. The summed E-state index contributed by atoms with van der Waals surface area (Å²) in [6.45, 7) is 0. The molecular weight excluding hydrogens is 462 g/mol. The lowest BCUT2D eigenvalue weighted by molar-refractivity contribution is 1.27. The van der Waals surface area contributed by atoms with Crippen LogP contribution in [0.1, 0.15) is 16.7 Å². The fourth-order valence-corrected chi connectivity index (χ4v) is 5.81. The number of hydrogen-bond donors (Lipinski definition) is 0. The normalized spacial score (nSPS) is 13.5. The molecule has 3 nitrogen and oxygen atoms in total. The first-order valence-electron chi connectivity index (χ1n) is 13.0. The van der Waals surface area contributed by atoms with Crippen LogP contribution in [-0.2, 0) is 6.42 Å². The number of fused-ring (bicyclic) bond motifs is 9. The number of para-hydroxylation sites is 4. The number of rotatable bonds is 2. The zero-order chi connectivity index (χ0) is 25.1. The average molecular weight is 486 g/mol. The summed E-state index contributed by atoms with van der Waals surface area (Å²) in [6, 6.07) is 42.8. The first kappa shape index (κ1) is 21.1. The third-order valence-corrected chi connectivity index (χ3v) is 7.62. The van der Waals surface area contributed by atoms with E-state index in [1.165, 1.54) is 27.5 Å². The van der Waals surface area contributed by atoms with Crippen molar-refractivity contribution >= 4 is 55.3 Å². The van der Waals surface area contributed by atoms with Crippen LogP contribution < -0.4 is 0 Å². The highest BCUT2D eigenvalue weighted by atomic mass is 15.0. The maximum absolute atomic E-state index is 5.19. The van der Waals surface area contributed by atoms with Crippen molar-refractivity contribution in [3.05, 3.63) is 144 Å². The molecule has 5 aromatic carbocycles. The van der Waals surface area contributed by atoms with Gasteiger partial charge in [-0.3, -0.25) is 4.40 Å². The van der Waals surface area contributed by atoms with E-state index in [0.29, 0.717) is 0 Å². The van der Waals surface area contributed by atoms with E-state index in [2.05, 4.69) is 132 Å². The number of allylic oxidation sites excluding steroid dienone is 2. The maximum Gasteiger partial charge on any atom is 0.146 e. The SMILES string of the molecule is C1=C(c2ccccc2)Cc2ccccc2N=C1c1ccc2c(c1)c1ccccc1n1c3ccccc3nc21. The second-order valence-corrected chi connectivity index (χ2v) is 9.88. The van der Waals surface area contributed by atoms with Crippen LogP contribution in [0.3, 0.4) is 0 Å². The van der Waals surface area contributed by atoms with Crippen LogP contribution in [0.5, 0.6) is 0 Å². The molecule has 1 aliphatic heterocycles. The van der Waals surface area contributed by atoms with Gasteiger partial charge in [-0.25, -0.2) is 9.98 Å². The molecule has 0 aliphatic carbocycles. The zero-order valence-corrected chi connectivity index (χ0v) is 20.7. The smallest absolute Gasteiger partial charge is 0.146 e. The van der Waals surface area contributed by atoms with E-state index in [9.17, 15) is 0 Å². The number of imidazole rings is 1. The summed E-state index contributed by atoms with van der Waals surface area (Å²) < 4.78 is 2.29. The van der Waals surface area contributed by atoms with Crippen molar-refractivity contribution < 1.29 is 0 Å². The predicted molar refractivity (Wildman–Crippen MR) is 158 cm³/mol. The molecule has 0 amide bonds. The summed E-state index contributed by atoms with van der Waals surface area (Å²) in [4.78, 5) is 10.2. The quantitative estimate of drug-likeness (QED) is 0.226. The molecule has 38 heavy (non-hydrogen) atoms. The summed E-state index contributed by atoms with van der Waals surface area (Å²) >= 11 is 0. The second-order valence-electron chi connectivity index (χ2n) is 9.88. The molecule has 8 rings (SSSR count). The molecule has 0 bridgehead atoms. The van der Waals surface area contributed by atoms with Crippen molar-refractivity contribution in [3.63, 3.8) is 0 Å². The fraction of sp³-hybridized carbons (Fsp3) is 0.0286. The lowest BCUT2D eigenvalue weighted by atomic mass is 9.95. The van der Waals surface area contributed by atoms with E-state index < -0.39 is 0 Å². The van der Waals surface area contributed by atoms with Gasteiger partial charge in [-0.2, -0.15) is 0 Å². The molecule has 178 valence electrons. The summed E-state index contributed by atoms with van der Waals surface area (Å²) in [5.74, 6) is 0. The van der Waals surface area contributed by atoms with Crippen LogP contribution in [0.25, 0.3) is 43.9 Å². The molecule has 1 aliphatic rings. The van der Waals surface area contributed by atoms with E-state index in [1.54, 1.807) is 0 Å². The number of aromatic nitrogens is 2. The minimum atomic E-state index is 0.852. The van der Waals surface area contributed by atoms with Crippen molar-refractivity contribution in [2.45, 2.75) is 6.42 Å². The lowest BCUT2D eigenvalue weighted by Gasteiger charge is -2.11. The fourth-order valence-electron chi connectivity index (χ4n) is 5.81. The number of nitrogens with zero attached hydrogens (tertiary/aromatic N) is 3. The molecule has 0 radical (unpaired) electrons. The average Bonchev–Trinajstić information content (AvgIpc) is 3.26. The van der Waals surface area contributed by atoms with Crippen LogP contribution in [0, 0.1) is 0 Å². The van der Waals surface area contributed by atoms with Gasteiger partial charge < -0.3 is 0 Å². The molecule has 3 heteroatoms. The molecule has 3 heterocycles. The molecule has 0 N–H and O–H groups in total.